The molecule has 1 rings (SSSR count). The van der Waals surface area contributed by atoms with Gasteiger partial charge in [-0.25, -0.2) is 4.79 Å². The molecule has 0 bridgehead atoms. The number of alkyl halides is 2. The summed E-state index contributed by atoms with van der Waals surface area (Å²) in [7, 11) is 1.47. The van der Waals surface area contributed by atoms with Crippen molar-refractivity contribution in [3.8, 4) is 0 Å². The smallest absolute Gasteiger partial charge is 0.374 e. The van der Waals surface area contributed by atoms with E-state index in [0.717, 1.165) is 6.07 Å². The maximum absolute atomic E-state index is 12.8. The predicted octanol–water partition coefficient (Wildman–Crippen LogP) is 0.648. The summed E-state index contributed by atoms with van der Waals surface area (Å²) in [6, 6.07) is 2.29. The number of rotatable bonds is 3. The summed E-state index contributed by atoms with van der Waals surface area (Å²) in [6.07, 6.45) is 0.341. The van der Waals surface area contributed by atoms with Crippen LogP contribution in [0.4, 0.5) is 8.78 Å². The lowest BCUT2D eigenvalue weighted by molar-refractivity contribution is -0.164. The van der Waals surface area contributed by atoms with E-state index in [0.29, 0.717) is 0 Å². The minimum atomic E-state index is -3.84. The predicted molar refractivity (Wildman–Crippen MR) is 48.0 cm³/mol. The second-order valence-corrected chi connectivity index (χ2v) is 3.17. The normalized spacial score (nSPS) is 11.4. The first kappa shape index (κ1) is 11.4. The molecule has 0 aliphatic heterocycles. The van der Waals surface area contributed by atoms with Crippen molar-refractivity contribution in [3.05, 3.63) is 34.2 Å². The van der Waals surface area contributed by atoms with E-state index in [1.54, 1.807) is 0 Å². The Morgan fingerprint density at radius 1 is 1.60 bits per heavy atom. The highest BCUT2D eigenvalue weighted by atomic mass is 19.3. The molecule has 0 atom stereocenters. The van der Waals surface area contributed by atoms with Crippen molar-refractivity contribution in [1.82, 2.24) is 4.57 Å². The highest BCUT2D eigenvalue weighted by Crippen LogP contribution is 2.19. The number of hydrogen-bond acceptors (Lipinski definition) is 2. The topological polar surface area (TPSA) is 59.3 Å². The molecule has 82 valence electrons. The summed E-state index contributed by atoms with van der Waals surface area (Å²) in [5.41, 5.74) is -0.445. The van der Waals surface area contributed by atoms with E-state index < -0.39 is 23.9 Å². The van der Waals surface area contributed by atoms with E-state index in [4.69, 9.17) is 5.11 Å². The minimum absolute atomic E-state index is 0.00509. The number of carboxylic acids is 1. The van der Waals surface area contributed by atoms with Gasteiger partial charge in [-0.1, -0.05) is 0 Å². The van der Waals surface area contributed by atoms with Gasteiger partial charge in [0.15, 0.2) is 0 Å². The molecule has 0 unspecified atom stereocenters. The minimum Gasteiger partial charge on any atom is -0.477 e. The van der Waals surface area contributed by atoms with Crippen LogP contribution in [0.5, 0.6) is 0 Å². The highest BCUT2D eigenvalue weighted by molar-refractivity contribution is 5.75. The number of aryl methyl sites for hydroxylation is 1. The van der Waals surface area contributed by atoms with Crippen molar-refractivity contribution < 1.29 is 18.7 Å². The molecular formula is C9H9F2NO3. The SMILES string of the molecule is Cn1ccc(CC(F)(F)C(=O)O)cc1=O. The van der Waals surface area contributed by atoms with E-state index in [1.165, 1.54) is 23.9 Å². The van der Waals surface area contributed by atoms with Crippen molar-refractivity contribution >= 4 is 5.97 Å². The number of aliphatic carboxylic acids is 1. The Balaban J connectivity index is 2.96. The van der Waals surface area contributed by atoms with Crippen LogP contribution in [-0.4, -0.2) is 21.6 Å². The first-order valence-corrected chi connectivity index (χ1v) is 4.10. The Labute approximate surface area is 83.8 Å². The molecule has 0 spiro atoms. The van der Waals surface area contributed by atoms with Crippen LogP contribution in [-0.2, 0) is 18.3 Å². The third-order valence-electron chi connectivity index (χ3n) is 1.91. The van der Waals surface area contributed by atoms with Gasteiger partial charge < -0.3 is 9.67 Å². The fourth-order valence-electron chi connectivity index (χ4n) is 1.03. The third-order valence-corrected chi connectivity index (χ3v) is 1.91. The van der Waals surface area contributed by atoms with Crippen LogP contribution in [0.2, 0.25) is 0 Å². The molecule has 0 saturated carbocycles. The van der Waals surface area contributed by atoms with E-state index in [1.807, 2.05) is 0 Å². The summed E-state index contributed by atoms with van der Waals surface area (Å²) in [5, 5.41) is 8.19. The van der Waals surface area contributed by atoms with Crippen LogP contribution >= 0.6 is 0 Å². The quantitative estimate of drug-likeness (QED) is 0.808. The molecule has 0 amide bonds. The van der Waals surface area contributed by atoms with Crippen molar-refractivity contribution in [2.75, 3.05) is 0 Å². The molecule has 0 radical (unpaired) electrons. The lowest BCUT2D eigenvalue weighted by atomic mass is 10.1. The van der Waals surface area contributed by atoms with Gasteiger partial charge in [0.1, 0.15) is 0 Å². The largest absolute Gasteiger partial charge is 0.477 e. The molecule has 1 aromatic heterocycles. The van der Waals surface area contributed by atoms with Gasteiger partial charge in [-0.15, -0.1) is 0 Å². The second-order valence-electron chi connectivity index (χ2n) is 3.17. The first-order chi connectivity index (χ1) is 6.83. The molecule has 0 aliphatic carbocycles. The third kappa shape index (κ3) is 2.61. The van der Waals surface area contributed by atoms with Crippen LogP contribution in [0.3, 0.4) is 0 Å². The van der Waals surface area contributed by atoms with Gasteiger partial charge in [-0.3, -0.25) is 4.79 Å². The molecule has 0 aliphatic rings. The highest BCUT2D eigenvalue weighted by Gasteiger charge is 2.38. The van der Waals surface area contributed by atoms with E-state index in [9.17, 15) is 18.4 Å². The number of halogens is 2. The van der Waals surface area contributed by atoms with Crippen molar-refractivity contribution in [2.45, 2.75) is 12.3 Å². The Morgan fingerprint density at radius 3 is 2.67 bits per heavy atom. The van der Waals surface area contributed by atoms with Gasteiger partial charge >= 0.3 is 11.9 Å². The van der Waals surface area contributed by atoms with Gasteiger partial charge in [0.2, 0.25) is 0 Å². The Hall–Kier alpha value is -1.72. The molecule has 15 heavy (non-hydrogen) atoms. The zero-order chi connectivity index (χ0) is 11.6. The second kappa shape index (κ2) is 3.80. The molecule has 1 aromatic rings. The van der Waals surface area contributed by atoms with Crippen molar-refractivity contribution in [2.24, 2.45) is 7.05 Å². The maximum atomic E-state index is 12.8. The Bertz CT molecular complexity index is 439. The molecule has 6 heteroatoms. The zero-order valence-corrected chi connectivity index (χ0v) is 7.91. The average molecular weight is 217 g/mol. The number of aromatic nitrogens is 1. The van der Waals surface area contributed by atoms with E-state index in [-0.39, 0.29) is 5.56 Å². The van der Waals surface area contributed by atoms with Crippen LogP contribution in [0.15, 0.2) is 23.1 Å². The number of hydrogen-bond donors (Lipinski definition) is 1. The number of carbonyl (C=O) groups is 1. The van der Waals surface area contributed by atoms with Crippen LogP contribution in [0, 0.1) is 0 Å². The first-order valence-electron chi connectivity index (χ1n) is 4.10. The van der Waals surface area contributed by atoms with Gasteiger partial charge in [0.25, 0.3) is 5.56 Å². The number of nitrogens with zero attached hydrogens (tertiary/aromatic N) is 1. The van der Waals surface area contributed by atoms with Crippen LogP contribution in [0.1, 0.15) is 5.56 Å². The van der Waals surface area contributed by atoms with Crippen molar-refractivity contribution in [3.63, 3.8) is 0 Å². The van der Waals surface area contributed by atoms with Crippen molar-refractivity contribution in [1.29, 1.82) is 0 Å². The summed E-state index contributed by atoms with van der Waals surface area (Å²) in [5.74, 6) is -6.03. The maximum Gasteiger partial charge on any atom is 0.374 e. The van der Waals surface area contributed by atoms with Crippen LogP contribution in [0.25, 0.3) is 0 Å². The number of pyridine rings is 1. The molecule has 1 N–H and O–H groups in total. The zero-order valence-electron chi connectivity index (χ0n) is 7.91. The average Bonchev–Trinajstić information content (AvgIpc) is 2.10. The fraction of sp³-hybridized carbons (Fsp3) is 0.333. The summed E-state index contributed by atoms with van der Waals surface area (Å²) in [6.45, 7) is 0. The van der Waals surface area contributed by atoms with Gasteiger partial charge in [0, 0.05) is 25.7 Å². The van der Waals surface area contributed by atoms with Crippen LogP contribution < -0.4 is 5.56 Å². The summed E-state index contributed by atoms with van der Waals surface area (Å²) < 4.78 is 26.7. The lowest BCUT2D eigenvalue weighted by Crippen LogP contribution is -2.31. The fourth-order valence-corrected chi connectivity index (χ4v) is 1.03. The molecule has 0 aromatic carbocycles. The Morgan fingerprint density at radius 2 is 2.20 bits per heavy atom. The van der Waals surface area contributed by atoms with E-state index in [2.05, 4.69) is 0 Å². The van der Waals surface area contributed by atoms with Gasteiger partial charge in [-0.2, -0.15) is 8.78 Å². The number of carboxylic acid groups (broad SMARTS) is 1. The van der Waals surface area contributed by atoms with E-state index >= 15 is 0 Å². The molecule has 1 heterocycles. The summed E-state index contributed by atoms with van der Waals surface area (Å²) in [4.78, 5) is 21.2. The summed E-state index contributed by atoms with van der Waals surface area (Å²) >= 11 is 0. The molecular weight excluding hydrogens is 208 g/mol. The monoisotopic (exact) mass is 217 g/mol. The lowest BCUT2D eigenvalue weighted by Gasteiger charge is -2.10. The Kier molecular flexibility index (Phi) is 2.88. The molecule has 4 nitrogen and oxygen atoms in total. The van der Waals surface area contributed by atoms with Gasteiger partial charge in [0.05, 0.1) is 0 Å². The molecule has 0 saturated heterocycles. The standard InChI is InChI=1S/C9H9F2NO3/c1-12-3-2-6(4-7(12)13)5-9(10,11)8(14)15/h2-4H,5H2,1H3,(H,14,15). The molecule has 0 fully saturated rings. The van der Waals surface area contributed by atoms with Gasteiger partial charge in [-0.05, 0) is 11.6 Å².